The molecule has 0 aliphatic heterocycles. The van der Waals surface area contributed by atoms with Crippen LogP contribution in [0.15, 0.2) is 36.7 Å². The Labute approximate surface area is 78.5 Å². The fourth-order valence-corrected chi connectivity index (χ4v) is 1.90. The average Bonchev–Trinajstić information content (AvgIpc) is 2.69. The molecule has 0 aromatic carbocycles. The van der Waals surface area contributed by atoms with Gasteiger partial charge in [0.15, 0.2) is 0 Å². The van der Waals surface area contributed by atoms with Crippen molar-refractivity contribution in [1.29, 1.82) is 0 Å². The Morgan fingerprint density at radius 2 is 2.15 bits per heavy atom. The van der Waals surface area contributed by atoms with Gasteiger partial charge in [0.05, 0.1) is 0 Å². The van der Waals surface area contributed by atoms with E-state index in [1.54, 1.807) is 6.20 Å². The van der Waals surface area contributed by atoms with Crippen molar-refractivity contribution in [2.75, 3.05) is 6.54 Å². The fraction of sp³-hybridized carbons (Fsp3) is 0.364. The molecule has 0 fully saturated rings. The van der Waals surface area contributed by atoms with Gasteiger partial charge in [0.1, 0.15) is 0 Å². The summed E-state index contributed by atoms with van der Waals surface area (Å²) in [4.78, 5) is 4.14. The second kappa shape index (κ2) is 3.30. The SMILES string of the molecule is NCC1(c2cccnc2)CC=CC1. The molecule has 0 radical (unpaired) electrons. The molecule has 68 valence electrons. The molecule has 2 nitrogen and oxygen atoms in total. The van der Waals surface area contributed by atoms with Crippen molar-refractivity contribution < 1.29 is 0 Å². The minimum Gasteiger partial charge on any atom is -0.330 e. The van der Waals surface area contributed by atoms with Crippen molar-refractivity contribution in [3.63, 3.8) is 0 Å². The summed E-state index contributed by atoms with van der Waals surface area (Å²) >= 11 is 0. The second-order valence-corrected chi connectivity index (χ2v) is 3.61. The highest BCUT2D eigenvalue weighted by Crippen LogP contribution is 2.35. The Bertz CT molecular complexity index is 295. The van der Waals surface area contributed by atoms with Crippen LogP contribution in [0.1, 0.15) is 18.4 Å². The molecular weight excluding hydrogens is 160 g/mol. The summed E-state index contributed by atoms with van der Waals surface area (Å²) in [6, 6.07) is 4.10. The summed E-state index contributed by atoms with van der Waals surface area (Å²) in [6.07, 6.45) is 10.3. The van der Waals surface area contributed by atoms with Gasteiger partial charge >= 0.3 is 0 Å². The van der Waals surface area contributed by atoms with E-state index >= 15 is 0 Å². The Hall–Kier alpha value is -1.15. The smallest absolute Gasteiger partial charge is 0.0306 e. The van der Waals surface area contributed by atoms with Crippen molar-refractivity contribution in [3.05, 3.63) is 42.2 Å². The third-order valence-electron chi connectivity index (χ3n) is 2.85. The van der Waals surface area contributed by atoms with Crippen LogP contribution in [0.5, 0.6) is 0 Å². The lowest BCUT2D eigenvalue weighted by molar-refractivity contribution is 0.469. The molecule has 0 amide bonds. The van der Waals surface area contributed by atoms with Crippen molar-refractivity contribution in [1.82, 2.24) is 4.98 Å². The molecule has 2 heteroatoms. The number of allylic oxidation sites excluding steroid dienone is 2. The average molecular weight is 174 g/mol. The van der Waals surface area contributed by atoms with Crippen LogP contribution >= 0.6 is 0 Å². The molecule has 1 aromatic heterocycles. The van der Waals surface area contributed by atoms with Crippen LogP contribution in [-0.2, 0) is 5.41 Å². The fourth-order valence-electron chi connectivity index (χ4n) is 1.90. The molecule has 13 heavy (non-hydrogen) atoms. The van der Waals surface area contributed by atoms with Gasteiger partial charge in [-0.3, -0.25) is 4.98 Å². The van der Waals surface area contributed by atoms with E-state index in [0.29, 0.717) is 6.54 Å². The molecule has 1 aromatic rings. The summed E-state index contributed by atoms with van der Waals surface area (Å²) in [7, 11) is 0. The highest BCUT2D eigenvalue weighted by atomic mass is 14.7. The van der Waals surface area contributed by atoms with E-state index in [9.17, 15) is 0 Å². The van der Waals surface area contributed by atoms with Crippen LogP contribution in [0.4, 0.5) is 0 Å². The van der Waals surface area contributed by atoms with E-state index < -0.39 is 0 Å². The molecule has 0 spiro atoms. The van der Waals surface area contributed by atoms with Crippen molar-refractivity contribution in [2.24, 2.45) is 5.73 Å². The summed E-state index contributed by atoms with van der Waals surface area (Å²) in [5.74, 6) is 0. The zero-order valence-corrected chi connectivity index (χ0v) is 7.61. The molecule has 0 atom stereocenters. The predicted molar refractivity (Wildman–Crippen MR) is 53.3 cm³/mol. The van der Waals surface area contributed by atoms with Crippen LogP contribution in [0.3, 0.4) is 0 Å². The molecule has 2 rings (SSSR count). The number of nitrogens with zero attached hydrogens (tertiary/aromatic N) is 1. The molecule has 0 bridgehead atoms. The van der Waals surface area contributed by atoms with Gasteiger partial charge < -0.3 is 5.73 Å². The van der Waals surface area contributed by atoms with Gasteiger partial charge in [0.25, 0.3) is 0 Å². The van der Waals surface area contributed by atoms with E-state index in [-0.39, 0.29) is 5.41 Å². The van der Waals surface area contributed by atoms with Gasteiger partial charge in [-0.15, -0.1) is 0 Å². The lowest BCUT2D eigenvalue weighted by Crippen LogP contribution is -2.32. The molecule has 0 saturated heterocycles. The number of aromatic nitrogens is 1. The summed E-state index contributed by atoms with van der Waals surface area (Å²) in [5.41, 5.74) is 7.23. The van der Waals surface area contributed by atoms with Gasteiger partial charge in [-0.25, -0.2) is 0 Å². The maximum atomic E-state index is 5.83. The van der Waals surface area contributed by atoms with Crippen LogP contribution in [0.2, 0.25) is 0 Å². The first-order valence-corrected chi connectivity index (χ1v) is 4.63. The van der Waals surface area contributed by atoms with Gasteiger partial charge in [-0.1, -0.05) is 18.2 Å². The lowest BCUT2D eigenvalue weighted by atomic mass is 9.79. The minimum atomic E-state index is 0.133. The number of pyridine rings is 1. The number of nitrogens with two attached hydrogens (primary N) is 1. The predicted octanol–water partition coefficient (Wildman–Crippen LogP) is 1.63. The van der Waals surface area contributed by atoms with Crippen LogP contribution in [-0.4, -0.2) is 11.5 Å². The molecular formula is C11H14N2. The molecule has 1 aliphatic carbocycles. The van der Waals surface area contributed by atoms with Crippen molar-refractivity contribution in [3.8, 4) is 0 Å². The third kappa shape index (κ3) is 1.38. The number of hydrogen-bond donors (Lipinski definition) is 1. The first-order valence-electron chi connectivity index (χ1n) is 4.63. The number of hydrogen-bond acceptors (Lipinski definition) is 2. The summed E-state index contributed by atoms with van der Waals surface area (Å²) in [6.45, 7) is 0.700. The Kier molecular flexibility index (Phi) is 2.15. The van der Waals surface area contributed by atoms with Gasteiger partial charge in [0, 0.05) is 24.4 Å². The third-order valence-corrected chi connectivity index (χ3v) is 2.85. The lowest BCUT2D eigenvalue weighted by Gasteiger charge is -2.27. The normalized spacial score (nSPS) is 19.2. The highest BCUT2D eigenvalue weighted by molar-refractivity contribution is 5.28. The van der Waals surface area contributed by atoms with Crippen molar-refractivity contribution >= 4 is 0 Å². The maximum Gasteiger partial charge on any atom is 0.0306 e. The summed E-state index contributed by atoms with van der Waals surface area (Å²) < 4.78 is 0. The van der Waals surface area contributed by atoms with Gasteiger partial charge in [-0.05, 0) is 24.5 Å². The highest BCUT2D eigenvalue weighted by Gasteiger charge is 2.31. The van der Waals surface area contributed by atoms with Gasteiger partial charge in [-0.2, -0.15) is 0 Å². The molecule has 1 aliphatic rings. The van der Waals surface area contributed by atoms with E-state index in [1.807, 2.05) is 12.3 Å². The van der Waals surface area contributed by atoms with Crippen LogP contribution < -0.4 is 5.73 Å². The van der Waals surface area contributed by atoms with Crippen molar-refractivity contribution in [2.45, 2.75) is 18.3 Å². The Morgan fingerprint density at radius 1 is 1.38 bits per heavy atom. The Balaban J connectivity index is 2.32. The van der Waals surface area contributed by atoms with Gasteiger partial charge in [0.2, 0.25) is 0 Å². The quantitative estimate of drug-likeness (QED) is 0.692. The summed E-state index contributed by atoms with van der Waals surface area (Å²) in [5, 5.41) is 0. The zero-order valence-electron chi connectivity index (χ0n) is 7.61. The molecule has 0 unspecified atom stereocenters. The molecule has 2 N–H and O–H groups in total. The second-order valence-electron chi connectivity index (χ2n) is 3.61. The first-order chi connectivity index (χ1) is 6.37. The van der Waals surface area contributed by atoms with E-state index in [0.717, 1.165) is 12.8 Å². The van der Waals surface area contributed by atoms with E-state index in [4.69, 9.17) is 5.73 Å². The van der Waals surface area contributed by atoms with Crippen LogP contribution in [0, 0.1) is 0 Å². The first kappa shape index (κ1) is 8.45. The molecule has 0 saturated carbocycles. The van der Waals surface area contributed by atoms with E-state index in [2.05, 4.69) is 23.2 Å². The number of rotatable bonds is 2. The topological polar surface area (TPSA) is 38.9 Å². The molecule has 1 heterocycles. The largest absolute Gasteiger partial charge is 0.330 e. The zero-order chi connectivity index (χ0) is 9.15. The Morgan fingerprint density at radius 3 is 2.69 bits per heavy atom. The standard InChI is InChI=1S/C11H14N2/c12-9-11(5-1-2-6-11)10-4-3-7-13-8-10/h1-4,7-8H,5-6,9,12H2. The van der Waals surface area contributed by atoms with E-state index in [1.165, 1.54) is 5.56 Å². The van der Waals surface area contributed by atoms with Crippen LogP contribution in [0.25, 0.3) is 0 Å². The minimum absolute atomic E-state index is 0.133. The monoisotopic (exact) mass is 174 g/mol. The maximum absolute atomic E-state index is 5.83.